The predicted molar refractivity (Wildman–Crippen MR) is 103 cm³/mol. The van der Waals surface area contributed by atoms with Gasteiger partial charge in [0, 0.05) is 0 Å². The third kappa shape index (κ3) is 969. The molecule has 0 saturated heterocycles. The van der Waals surface area contributed by atoms with Crippen LogP contribution in [0.1, 0.15) is 41.5 Å². The van der Waals surface area contributed by atoms with E-state index >= 15 is 0 Å². The fourth-order valence-corrected chi connectivity index (χ4v) is 0. The number of carbonyl (C=O) groups excluding carboxylic acids is 3. The minimum absolute atomic E-state index is 0.167. The first kappa shape index (κ1) is 34.3. The first-order chi connectivity index (χ1) is 8.66. The van der Waals surface area contributed by atoms with Crippen molar-refractivity contribution in [3.8, 4) is 0 Å². The van der Waals surface area contributed by atoms with Crippen LogP contribution in [0.2, 0.25) is 0 Å². The summed E-state index contributed by atoms with van der Waals surface area (Å²) in [6.07, 6.45) is 0. The van der Waals surface area contributed by atoms with Gasteiger partial charge in [0.05, 0.1) is 0 Å². The third-order valence-electron chi connectivity index (χ3n) is 0. The van der Waals surface area contributed by atoms with Crippen molar-refractivity contribution in [2.75, 3.05) is 0 Å². The molecule has 0 radical (unpaired) electrons. The molecule has 20 heavy (non-hydrogen) atoms. The molecule has 3 nitrogen and oxygen atoms in total. The van der Waals surface area contributed by atoms with E-state index in [0.29, 0.717) is 0 Å². The average Bonchev–Trinajstić information content (AvgIpc) is 1.94. The molecule has 0 rings (SSSR count). The molecule has 0 atom stereocenters. The van der Waals surface area contributed by atoms with Crippen molar-refractivity contribution in [2.45, 2.75) is 41.5 Å². The third-order valence-corrected chi connectivity index (χ3v) is 0. The summed E-state index contributed by atoms with van der Waals surface area (Å²) < 4.78 is 0. The fraction of sp³-hybridized carbons (Fsp3) is 0.667. The van der Waals surface area contributed by atoms with E-state index in [2.05, 4.69) is 84.7 Å². The topological polar surface area (TPSA) is 51.2 Å². The number of Topliss-reactive ketones (excluding diaryl/α,β-unsaturated/α-hetero) is 3. The van der Waals surface area contributed by atoms with Crippen LogP contribution in [0.15, 0.2) is 0 Å². The number of hydrogen-bond donors (Lipinski definition) is 0. The minimum atomic E-state index is -0.312. The van der Waals surface area contributed by atoms with Crippen molar-refractivity contribution in [2.24, 2.45) is 0 Å². The molecule has 0 aromatic rings. The van der Waals surface area contributed by atoms with Crippen LogP contribution < -0.4 is 0 Å². The molecule has 0 bridgehead atoms. The molecular weight excluding hydrogens is 747 g/mol. The Morgan fingerprint density at radius 2 is 0.500 bits per heavy atom. The van der Waals surface area contributed by atoms with Gasteiger partial charge in [-0.3, -0.25) is 0 Å². The Labute approximate surface area is 172 Å². The Bertz CT molecular complexity index is 188. The first-order valence-electron chi connectivity index (χ1n) is 4.41. The first-order valence-corrected chi connectivity index (χ1v) is 20.8. The van der Waals surface area contributed by atoms with Crippen molar-refractivity contribution < 1.29 is 31.3 Å². The van der Waals surface area contributed by atoms with Gasteiger partial charge in [0.15, 0.2) is 0 Å². The summed E-state index contributed by atoms with van der Waals surface area (Å²) in [4.78, 5) is 28.3. The van der Waals surface area contributed by atoms with Crippen LogP contribution in [-0.2, 0) is 31.3 Å². The molecule has 0 aliphatic heterocycles. The Kier molecular flexibility index (Phi) is 51.2. The summed E-state index contributed by atoms with van der Waals surface area (Å²) in [5, 5.41) is 0. The van der Waals surface area contributed by atoms with Crippen molar-refractivity contribution in [1.29, 1.82) is 0 Å². The zero-order valence-electron chi connectivity index (χ0n) is 11.7. The number of hydrogen-bond acceptors (Lipinski definition) is 3. The van der Waals surface area contributed by atoms with Gasteiger partial charge in [0.25, 0.3) is 0 Å². The second-order valence-electron chi connectivity index (χ2n) is 3.03. The molecule has 0 aromatic heterocycles. The Morgan fingerprint density at radius 1 is 0.500 bits per heavy atom. The normalized spacial score (nSPS) is 8.40. The molecular formula is C9H18Br6Fe2O3. The number of ketones is 3. The molecule has 0 N–H and O–H groups in total. The summed E-state index contributed by atoms with van der Waals surface area (Å²) in [6, 6.07) is 0. The molecule has 0 fully saturated rings. The zero-order valence-corrected chi connectivity index (χ0v) is 23.4. The van der Waals surface area contributed by atoms with Gasteiger partial charge in [-0.05, 0) is 41.5 Å². The van der Waals surface area contributed by atoms with E-state index in [4.69, 9.17) is 0 Å². The van der Waals surface area contributed by atoms with E-state index < -0.39 is 0 Å². The number of rotatable bonds is 0. The van der Waals surface area contributed by atoms with Gasteiger partial charge >= 0.3 is 102 Å². The van der Waals surface area contributed by atoms with E-state index in [1.54, 1.807) is 0 Å². The van der Waals surface area contributed by atoms with Crippen LogP contribution in [-0.4, -0.2) is 17.3 Å². The van der Waals surface area contributed by atoms with Crippen LogP contribution in [0.5, 0.6) is 0 Å². The molecule has 0 saturated carbocycles. The van der Waals surface area contributed by atoms with Gasteiger partial charge in [-0.25, -0.2) is 0 Å². The Hall–Kier alpha value is 2.93. The summed E-state index contributed by atoms with van der Waals surface area (Å²) in [7, 11) is -0.625. The Morgan fingerprint density at radius 3 is 0.500 bits per heavy atom. The standard InChI is InChI=1S/3C3H6O.6BrH.2Fe/c3*1-3(2)4;;;;;;;;/h3*1-2H3;6*1H;;/q;;;;;;;;;2*+3/p-6. The molecule has 0 spiro atoms. The van der Waals surface area contributed by atoms with E-state index in [1.807, 2.05) is 0 Å². The quantitative estimate of drug-likeness (QED) is 0.254. The molecule has 0 heterocycles. The zero-order chi connectivity index (χ0) is 17.9. The fourth-order valence-electron chi connectivity index (χ4n) is 0. The summed E-state index contributed by atoms with van der Waals surface area (Å²) in [6.45, 7) is 9.17. The van der Waals surface area contributed by atoms with Crippen LogP contribution >= 0.6 is 84.7 Å². The molecule has 0 aliphatic rings. The van der Waals surface area contributed by atoms with Crippen molar-refractivity contribution in [1.82, 2.24) is 0 Å². The molecule has 0 amide bonds. The van der Waals surface area contributed by atoms with E-state index in [9.17, 15) is 14.4 Å². The van der Waals surface area contributed by atoms with Crippen LogP contribution in [0, 0.1) is 0 Å². The molecule has 0 aromatic carbocycles. The summed E-state index contributed by atoms with van der Waals surface area (Å²) in [5.74, 6) is 0.500. The summed E-state index contributed by atoms with van der Waals surface area (Å²) in [5.41, 5.74) is 0. The van der Waals surface area contributed by atoms with Crippen LogP contribution in [0.3, 0.4) is 0 Å². The number of halogens is 6. The van der Waals surface area contributed by atoms with Crippen molar-refractivity contribution in [3.63, 3.8) is 0 Å². The number of carbonyl (C=O) groups is 3. The average molecular weight is 765 g/mol. The van der Waals surface area contributed by atoms with Gasteiger partial charge in [-0.2, -0.15) is 0 Å². The Balaban J connectivity index is -0.0000000469. The maximum atomic E-state index is 9.44. The van der Waals surface area contributed by atoms with Gasteiger partial charge < -0.3 is 14.4 Å². The molecule has 0 aliphatic carbocycles. The van der Waals surface area contributed by atoms with Gasteiger partial charge in [-0.15, -0.1) is 0 Å². The second-order valence-corrected chi connectivity index (χ2v) is 36.5. The maximum absolute atomic E-state index is 9.44. The van der Waals surface area contributed by atoms with Crippen molar-refractivity contribution in [3.05, 3.63) is 0 Å². The van der Waals surface area contributed by atoms with Gasteiger partial charge in [-0.1, -0.05) is 0 Å². The van der Waals surface area contributed by atoms with Crippen LogP contribution in [0.4, 0.5) is 0 Å². The van der Waals surface area contributed by atoms with E-state index in [0.717, 1.165) is 0 Å². The molecule has 11 heteroatoms. The second kappa shape index (κ2) is 29.9. The molecule has 0 unspecified atom stereocenters. The monoisotopic (exact) mass is 760 g/mol. The van der Waals surface area contributed by atoms with Crippen molar-refractivity contribution >= 4 is 102 Å². The molecule has 130 valence electrons. The van der Waals surface area contributed by atoms with E-state index in [1.165, 1.54) is 41.5 Å². The SMILES string of the molecule is CC(C)=O.CC(C)=O.CC(C)=O.[Br][Fe]([Br])[Br].[Br][Fe]([Br])[Br]. The van der Waals surface area contributed by atoms with Gasteiger partial charge in [0.2, 0.25) is 0 Å². The predicted octanol–water partition coefficient (Wildman–Crippen LogP) is 6.85. The summed E-state index contributed by atoms with van der Waals surface area (Å²) >= 11 is 19.1. The van der Waals surface area contributed by atoms with Gasteiger partial charge in [0.1, 0.15) is 17.3 Å². The van der Waals surface area contributed by atoms with E-state index in [-0.39, 0.29) is 34.3 Å². The van der Waals surface area contributed by atoms with Crippen LogP contribution in [0.25, 0.3) is 0 Å².